The minimum atomic E-state index is -0.320. The fourth-order valence-electron chi connectivity index (χ4n) is 3.30. The van der Waals surface area contributed by atoms with Crippen LogP contribution in [0.15, 0.2) is 0 Å². The highest BCUT2D eigenvalue weighted by Gasteiger charge is 2.26. The topological polar surface area (TPSA) is 84.1 Å². The molecule has 1 fully saturated rings. The summed E-state index contributed by atoms with van der Waals surface area (Å²) in [7, 11) is 0. The second-order valence-electron chi connectivity index (χ2n) is 6.20. The standard InChI is InChI=1S/C18H25N3O3S/c1-4-24-17(23)11-25-10-16(22)20-18-15(9-19)12(2)13(3)21(18)14-7-5-6-8-14/h14H,4-8,10-11H2,1-3H3,(H,20,22). The first-order valence-corrected chi connectivity index (χ1v) is 9.79. The number of aromatic nitrogens is 1. The summed E-state index contributed by atoms with van der Waals surface area (Å²) >= 11 is 1.21. The van der Waals surface area contributed by atoms with Gasteiger partial charge in [-0.15, -0.1) is 11.8 Å². The Morgan fingerprint density at radius 2 is 2.00 bits per heavy atom. The molecule has 1 aliphatic carbocycles. The van der Waals surface area contributed by atoms with Crippen molar-refractivity contribution in [1.29, 1.82) is 5.26 Å². The van der Waals surface area contributed by atoms with Gasteiger partial charge in [0, 0.05) is 11.7 Å². The smallest absolute Gasteiger partial charge is 0.315 e. The van der Waals surface area contributed by atoms with Gasteiger partial charge in [-0.1, -0.05) is 12.8 Å². The lowest BCUT2D eigenvalue weighted by atomic mass is 10.2. The van der Waals surface area contributed by atoms with E-state index in [1.54, 1.807) is 6.92 Å². The number of nitriles is 1. The van der Waals surface area contributed by atoms with Gasteiger partial charge < -0.3 is 14.6 Å². The molecule has 1 aromatic heterocycles. The number of carbonyl (C=O) groups excluding carboxylic acids is 2. The minimum Gasteiger partial charge on any atom is -0.465 e. The molecule has 1 aliphatic rings. The number of ether oxygens (including phenoxy) is 1. The highest BCUT2D eigenvalue weighted by Crippen LogP contribution is 2.37. The van der Waals surface area contributed by atoms with Gasteiger partial charge in [-0.2, -0.15) is 5.26 Å². The van der Waals surface area contributed by atoms with E-state index in [9.17, 15) is 14.9 Å². The average molecular weight is 363 g/mol. The zero-order valence-corrected chi connectivity index (χ0v) is 15.9. The number of hydrogen-bond donors (Lipinski definition) is 1. The van der Waals surface area contributed by atoms with Crippen LogP contribution >= 0.6 is 11.8 Å². The van der Waals surface area contributed by atoms with Gasteiger partial charge in [0.1, 0.15) is 11.9 Å². The SMILES string of the molecule is CCOC(=O)CSCC(=O)Nc1c(C#N)c(C)c(C)n1C1CCCC1. The first kappa shape index (κ1) is 19.4. The predicted octanol–water partition coefficient (Wildman–Crippen LogP) is 3.33. The molecule has 0 aliphatic heterocycles. The monoisotopic (exact) mass is 363 g/mol. The molecule has 0 radical (unpaired) electrons. The Kier molecular flexibility index (Phi) is 6.94. The fraction of sp³-hybridized carbons (Fsp3) is 0.611. The molecule has 0 atom stereocenters. The molecule has 0 unspecified atom stereocenters. The summed E-state index contributed by atoms with van der Waals surface area (Å²) in [5.74, 6) is 0.374. The number of nitrogens with zero attached hydrogens (tertiary/aromatic N) is 2. The third-order valence-corrected chi connectivity index (χ3v) is 5.48. The van der Waals surface area contributed by atoms with Crippen molar-refractivity contribution in [3.63, 3.8) is 0 Å². The lowest BCUT2D eigenvalue weighted by Crippen LogP contribution is -2.20. The van der Waals surface area contributed by atoms with Crippen LogP contribution in [0.4, 0.5) is 5.82 Å². The lowest BCUT2D eigenvalue weighted by Gasteiger charge is -2.19. The predicted molar refractivity (Wildman–Crippen MR) is 98.7 cm³/mol. The molecule has 1 saturated carbocycles. The number of esters is 1. The second kappa shape index (κ2) is 8.95. The molecule has 136 valence electrons. The fourth-order valence-corrected chi connectivity index (χ4v) is 3.91. The van der Waals surface area contributed by atoms with Gasteiger partial charge in [0.2, 0.25) is 5.91 Å². The van der Waals surface area contributed by atoms with Crippen molar-refractivity contribution in [3.8, 4) is 6.07 Å². The average Bonchev–Trinajstić information content (AvgIpc) is 3.16. The summed E-state index contributed by atoms with van der Waals surface area (Å²) in [6.07, 6.45) is 4.48. The van der Waals surface area contributed by atoms with E-state index < -0.39 is 0 Å². The summed E-state index contributed by atoms with van der Waals surface area (Å²) in [4.78, 5) is 23.6. The maximum absolute atomic E-state index is 12.3. The molecule has 1 N–H and O–H groups in total. The first-order chi connectivity index (χ1) is 12.0. The Hall–Kier alpha value is -1.94. The van der Waals surface area contributed by atoms with Crippen LogP contribution in [0.5, 0.6) is 0 Å². The van der Waals surface area contributed by atoms with Crippen LogP contribution in [0.1, 0.15) is 55.5 Å². The highest BCUT2D eigenvalue weighted by molar-refractivity contribution is 8.00. The quantitative estimate of drug-likeness (QED) is 0.751. The number of amides is 1. The zero-order valence-electron chi connectivity index (χ0n) is 15.1. The van der Waals surface area contributed by atoms with Crippen molar-refractivity contribution >= 4 is 29.5 Å². The molecular weight excluding hydrogens is 338 g/mol. The molecule has 0 saturated heterocycles. The molecule has 6 nitrogen and oxygen atoms in total. The molecule has 7 heteroatoms. The van der Waals surface area contributed by atoms with Crippen molar-refractivity contribution in [3.05, 3.63) is 16.8 Å². The number of hydrogen-bond acceptors (Lipinski definition) is 5. The van der Waals surface area contributed by atoms with Crippen LogP contribution in [0.2, 0.25) is 0 Å². The van der Waals surface area contributed by atoms with E-state index >= 15 is 0 Å². The molecule has 1 amide bonds. The molecule has 2 rings (SSSR count). The number of rotatable bonds is 7. The largest absolute Gasteiger partial charge is 0.465 e. The maximum atomic E-state index is 12.3. The third-order valence-electron chi connectivity index (χ3n) is 4.57. The first-order valence-electron chi connectivity index (χ1n) is 8.64. The summed E-state index contributed by atoms with van der Waals surface area (Å²) < 4.78 is 6.97. The van der Waals surface area contributed by atoms with Crippen molar-refractivity contribution in [2.45, 2.75) is 52.5 Å². The zero-order chi connectivity index (χ0) is 18.4. The van der Waals surface area contributed by atoms with Gasteiger partial charge in [-0.25, -0.2) is 0 Å². The van der Waals surface area contributed by atoms with E-state index in [1.165, 1.54) is 24.6 Å². The van der Waals surface area contributed by atoms with Crippen LogP contribution in [0.25, 0.3) is 0 Å². The summed E-state index contributed by atoms with van der Waals surface area (Å²) in [6, 6.07) is 2.56. The van der Waals surface area contributed by atoms with Crippen molar-refractivity contribution in [2.24, 2.45) is 0 Å². The van der Waals surface area contributed by atoms with Crippen molar-refractivity contribution < 1.29 is 14.3 Å². The summed E-state index contributed by atoms with van der Waals surface area (Å²) in [5.41, 5.74) is 2.50. The van der Waals surface area contributed by atoms with Crippen LogP contribution in [-0.2, 0) is 14.3 Å². The molecule has 0 aromatic carbocycles. The number of anilines is 1. The number of carbonyl (C=O) groups is 2. The van der Waals surface area contributed by atoms with E-state index in [1.807, 2.05) is 13.8 Å². The van der Waals surface area contributed by atoms with Crippen LogP contribution in [0.3, 0.4) is 0 Å². The number of nitrogens with one attached hydrogen (secondary N) is 1. The second-order valence-corrected chi connectivity index (χ2v) is 7.19. The molecule has 0 bridgehead atoms. The maximum Gasteiger partial charge on any atom is 0.315 e. The Labute approximate surface area is 152 Å². The Bertz CT molecular complexity index is 685. The van der Waals surface area contributed by atoms with Gasteiger partial charge in [-0.3, -0.25) is 9.59 Å². The molecule has 1 heterocycles. The Morgan fingerprint density at radius 1 is 1.32 bits per heavy atom. The summed E-state index contributed by atoms with van der Waals surface area (Å²) in [5, 5.41) is 12.4. The van der Waals surface area contributed by atoms with Crippen LogP contribution < -0.4 is 5.32 Å². The summed E-state index contributed by atoms with van der Waals surface area (Å²) in [6.45, 7) is 6.01. The molecular formula is C18H25N3O3S. The molecule has 25 heavy (non-hydrogen) atoms. The minimum absolute atomic E-state index is 0.147. The van der Waals surface area contributed by atoms with Crippen LogP contribution in [-0.4, -0.2) is 34.6 Å². The third kappa shape index (κ3) is 4.57. The molecule has 1 aromatic rings. The van der Waals surface area contributed by atoms with E-state index in [4.69, 9.17) is 4.74 Å². The Morgan fingerprint density at radius 3 is 2.60 bits per heavy atom. The van der Waals surface area contributed by atoms with Gasteiger partial charge >= 0.3 is 5.97 Å². The van der Waals surface area contributed by atoms with E-state index in [0.717, 1.165) is 24.1 Å². The van der Waals surface area contributed by atoms with E-state index in [0.29, 0.717) is 24.0 Å². The van der Waals surface area contributed by atoms with Crippen molar-refractivity contribution in [2.75, 3.05) is 23.4 Å². The van der Waals surface area contributed by atoms with Gasteiger partial charge in [0.25, 0.3) is 0 Å². The number of thioether (sulfide) groups is 1. The Balaban J connectivity index is 2.10. The van der Waals surface area contributed by atoms with Crippen molar-refractivity contribution in [1.82, 2.24) is 4.57 Å². The van der Waals surface area contributed by atoms with Crippen LogP contribution in [0, 0.1) is 25.2 Å². The van der Waals surface area contributed by atoms with Gasteiger partial charge in [0.15, 0.2) is 0 Å². The lowest BCUT2D eigenvalue weighted by molar-refractivity contribution is -0.139. The van der Waals surface area contributed by atoms with Gasteiger partial charge in [0.05, 0.1) is 23.7 Å². The normalized spacial score (nSPS) is 14.3. The van der Waals surface area contributed by atoms with E-state index in [2.05, 4.69) is 16.0 Å². The highest BCUT2D eigenvalue weighted by atomic mass is 32.2. The van der Waals surface area contributed by atoms with E-state index in [-0.39, 0.29) is 23.4 Å². The van der Waals surface area contributed by atoms with Gasteiger partial charge in [-0.05, 0) is 39.2 Å². The molecule has 0 spiro atoms.